The van der Waals surface area contributed by atoms with Gasteiger partial charge in [-0.25, -0.2) is 0 Å². The molecular formula is C15H22N2O3. The van der Waals surface area contributed by atoms with Gasteiger partial charge in [-0.1, -0.05) is 19.9 Å². The molecule has 2 N–H and O–H groups in total. The number of rotatable bonds is 5. The van der Waals surface area contributed by atoms with E-state index in [-0.39, 0.29) is 11.8 Å². The summed E-state index contributed by atoms with van der Waals surface area (Å²) in [5.41, 5.74) is 0.0740. The minimum absolute atomic E-state index is 0.0796. The average Bonchev–Trinajstić information content (AvgIpc) is 2.36. The van der Waals surface area contributed by atoms with E-state index < -0.39 is 5.60 Å². The van der Waals surface area contributed by atoms with Crippen molar-refractivity contribution in [1.29, 1.82) is 0 Å². The number of nitrogens with zero attached hydrogens (tertiary/aromatic N) is 1. The first-order chi connectivity index (χ1) is 9.43. The van der Waals surface area contributed by atoms with Gasteiger partial charge in [0.1, 0.15) is 5.75 Å². The zero-order valence-corrected chi connectivity index (χ0v) is 12.2. The third-order valence-corrected chi connectivity index (χ3v) is 3.79. The summed E-state index contributed by atoms with van der Waals surface area (Å²) in [5, 5.41) is 13.0. The minimum atomic E-state index is -0.643. The third kappa shape index (κ3) is 3.29. The molecule has 110 valence electrons. The van der Waals surface area contributed by atoms with Crippen molar-refractivity contribution in [2.45, 2.75) is 19.4 Å². The highest BCUT2D eigenvalue weighted by molar-refractivity contribution is 5.92. The first kappa shape index (κ1) is 14.8. The fourth-order valence-corrected chi connectivity index (χ4v) is 2.31. The number of β-amino-alcohol motifs (C(OH)–C–C–N with tert-alkyl or cyclic N) is 1. The molecule has 1 aliphatic heterocycles. The van der Waals surface area contributed by atoms with Crippen LogP contribution in [0.25, 0.3) is 0 Å². The van der Waals surface area contributed by atoms with Crippen LogP contribution < -0.4 is 10.1 Å². The third-order valence-electron chi connectivity index (χ3n) is 3.79. The molecule has 5 heteroatoms. The Morgan fingerprint density at radius 3 is 2.80 bits per heavy atom. The molecule has 0 saturated carbocycles. The van der Waals surface area contributed by atoms with Gasteiger partial charge in [-0.2, -0.15) is 0 Å². The Bertz CT molecular complexity index is 482. The summed E-state index contributed by atoms with van der Waals surface area (Å²) < 4.78 is 5.11. The predicted molar refractivity (Wildman–Crippen MR) is 77.9 cm³/mol. The Balaban J connectivity index is 1.82. The molecule has 0 spiro atoms. The van der Waals surface area contributed by atoms with Crippen LogP contribution >= 0.6 is 0 Å². The molecule has 0 aliphatic carbocycles. The van der Waals surface area contributed by atoms with Gasteiger partial charge in [0, 0.05) is 24.8 Å². The van der Waals surface area contributed by atoms with E-state index in [4.69, 9.17) is 4.74 Å². The highest BCUT2D eigenvalue weighted by Gasteiger charge is 2.43. The number of hydrogen-bond acceptors (Lipinski definition) is 4. The summed E-state index contributed by atoms with van der Waals surface area (Å²) >= 11 is 0. The molecule has 1 aliphatic rings. The predicted octanol–water partition coefficient (Wildman–Crippen LogP) is 1.34. The maximum Gasteiger partial charge on any atom is 0.238 e. The Kier molecular flexibility index (Phi) is 4.30. The highest BCUT2D eigenvalue weighted by atomic mass is 16.5. The number of methoxy groups -OCH3 is 1. The van der Waals surface area contributed by atoms with Crippen molar-refractivity contribution in [3.05, 3.63) is 24.3 Å². The van der Waals surface area contributed by atoms with Crippen molar-refractivity contribution in [3.8, 4) is 5.75 Å². The van der Waals surface area contributed by atoms with Gasteiger partial charge in [0.05, 0.1) is 19.3 Å². The maximum atomic E-state index is 11.9. The van der Waals surface area contributed by atoms with E-state index in [2.05, 4.69) is 5.32 Å². The van der Waals surface area contributed by atoms with Crippen LogP contribution in [0.2, 0.25) is 0 Å². The Hall–Kier alpha value is -1.59. The number of carbonyl (C=O) groups is 1. The number of hydrogen-bond donors (Lipinski definition) is 2. The topological polar surface area (TPSA) is 61.8 Å². The van der Waals surface area contributed by atoms with Crippen LogP contribution in [0.3, 0.4) is 0 Å². The number of benzene rings is 1. The van der Waals surface area contributed by atoms with Gasteiger partial charge < -0.3 is 15.2 Å². The van der Waals surface area contributed by atoms with Gasteiger partial charge in [-0.05, 0) is 18.1 Å². The zero-order valence-electron chi connectivity index (χ0n) is 12.2. The zero-order chi connectivity index (χ0) is 14.8. The largest absolute Gasteiger partial charge is 0.497 e. The van der Waals surface area contributed by atoms with E-state index in [0.29, 0.717) is 31.1 Å². The number of nitrogens with one attached hydrogen (secondary N) is 1. The van der Waals surface area contributed by atoms with E-state index in [1.54, 1.807) is 13.2 Å². The summed E-state index contributed by atoms with van der Waals surface area (Å²) in [6.45, 7) is 5.39. The fraction of sp³-hybridized carbons (Fsp3) is 0.533. The van der Waals surface area contributed by atoms with Gasteiger partial charge in [0.25, 0.3) is 0 Å². The number of likely N-dealkylation sites (tertiary alicyclic amines) is 1. The van der Waals surface area contributed by atoms with Crippen LogP contribution in [0.5, 0.6) is 5.75 Å². The second kappa shape index (κ2) is 5.81. The molecule has 20 heavy (non-hydrogen) atoms. The molecule has 2 rings (SSSR count). The molecule has 1 fully saturated rings. The van der Waals surface area contributed by atoms with E-state index in [9.17, 15) is 9.90 Å². The van der Waals surface area contributed by atoms with Gasteiger partial charge in [-0.3, -0.25) is 9.69 Å². The lowest BCUT2D eigenvalue weighted by molar-refractivity contribution is -0.139. The van der Waals surface area contributed by atoms with Crippen LogP contribution in [-0.2, 0) is 4.79 Å². The Morgan fingerprint density at radius 1 is 1.50 bits per heavy atom. The molecule has 0 radical (unpaired) electrons. The minimum Gasteiger partial charge on any atom is -0.497 e. The van der Waals surface area contributed by atoms with Gasteiger partial charge >= 0.3 is 0 Å². The van der Waals surface area contributed by atoms with Crippen LogP contribution in [0.4, 0.5) is 5.69 Å². The smallest absolute Gasteiger partial charge is 0.238 e. The number of amides is 1. The molecule has 1 heterocycles. The van der Waals surface area contributed by atoms with E-state index in [1.807, 2.05) is 36.9 Å². The SMILES string of the molecule is COc1cccc(NC(=O)CN2CC(O)(C(C)C)C2)c1. The lowest BCUT2D eigenvalue weighted by Gasteiger charge is -2.48. The van der Waals surface area contributed by atoms with E-state index >= 15 is 0 Å². The molecule has 1 amide bonds. The van der Waals surface area contributed by atoms with Crippen molar-refractivity contribution < 1.29 is 14.6 Å². The molecule has 1 saturated heterocycles. The van der Waals surface area contributed by atoms with Crippen LogP contribution in [0.15, 0.2) is 24.3 Å². The molecule has 0 aromatic heterocycles. The van der Waals surface area contributed by atoms with Gasteiger partial charge in [0.2, 0.25) is 5.91 Å². The number of carbonyl (C=O) groups excluding carboxylic acids is 1. The quantitative estimate of drug-likeness (QED) is 0.853. The normalized spacial score (nSPS) is 17.6. The summed E-state index contributed by atoms with van der Waals surface area (Å²) in [6, 6.07) is 7.25. The van der Waals surface area contributed by atoms with Crippen molar-refractivity contribution >= 4 is 11.6 Å². The first-order valence-electron chi connectivity index (χ1n) is 6.81. The van der Waals surface area contributed by atoms with Crippen LogP contribution in [0, 0.1) is 5.92 Å². The van der Waals surface area contributed by atoms with Crippen molar-refractivity contribution in [2.24, 2.45) is 5.92 Å². The lowest BCUT2D eigenvalue weighted by atomic mass is 9.83. The van der Waals surface area contributed by atoms with Crippen molar-refractivity contribution in [2.75, 3.05) is 32.1 Å². The monoisotopic (exact) mass is 278 g/mol. The first-order valence-corrected chi connectivity index (χ1v) is 6.81. The molecule has 5 nitrogen and oxygen atoms in total. The maximum absolute atomic E-state index is 11.9. The summed E-state index contributed by atoms with van der Waals surface area (Å²) in [5.74, 6) is 0.838. The second-order valence-electron chi connectivity index (χ2n) is 5.68. The summed E-state index contributed by atoms with van der Waals surface area (Å²) in [4.78, 5) is 13.9. The van der Waals surface area contributed by atoms with E-state index in [1.165, 1.54) is 0 Å². The molecular weight excluding hydrogens is 256 g/mol. The van der Waals surface area contributed by atoms with Gasteiger partial charge in [-0.15, -0.1) is 0 Å². The Morgan fingerprint density at radius 2 is 2.20 bits per heavy atom. The lowest BCUT2D eigenvalue weighted by Crippen LogP contribution is -2.65. The molecule has 0 bridgehead atoms. The highest BCUT2D eigenvalue weighted by Crippen LogP contribution is 2.28. The van der Waals surface area contributed by atoms with E-state index in [0.717, 1.165) is 0 Å². The van der Waals surface area contributed by atoms with Crippen LogP contribution in [0.1, 0.15) is 13.8 Å². The number of aliphatic hydroxyl groups is 1. The molecule has 1 aromatic carbocycles. The summed E-state index contributed by atoms with van der Waals surface area (Å²) in [6.07, 6.45) is 0. The van der Waals surface area contributed by atoms with Crippen molar-refractivity contribution in [1.82, 2.24) is 4.90 Å². The molecule has 1 aromatic rings. The molecule has 0 atom stereocenters. The fourth-order valence-electron chi connectivity index (χ4n) is 2.31. The number of anilines is 1. The van der Waals surface area contributed by atoms with Gasteiger partial charge in [0.15, 0.2) is 0 Å². The average molecular weight is 278 g/mol. The molecule has 0 unspecified atom stereocenters. The second-order valence-corrected chi connectivity index (χ2v) is 5.68. The standard InChI is InChI=1S/C15H22N2O3/c1-11(2)15(19)9-17(10-15)8-14(18)16-12-5-4-6-13(7-12)20-3/h4-7,11,19H,8-10H2,1-3H3,(H,16,18). The van der Waals surface area contributed by atoms with Crippen molar-refractivity contribution in [3.63, 3.8) is 0 Å². The Labute approximate surface area is 119 Å². The number of ether oxygens (including phenoxy) is 1. The van der Waals surface area contributed by atoms with Crippen LogP contribution in [-0.4, -0.2) is 48.3 Å². The summed E-state index contributed by atoms with van der Waals surface area (Å²) in [7, 11) is 1.59.